The van der Waals surface area contributed by atoms with E-state index in [0.29, 0.717) is 0 Å². The average molecular weight is 153 g/mol. The molecule has 4 heteroatoms. The van der Waals surface area contributed by atoms with Crippen LogP contribution in [0.3, 0.4) is 0 Å². The summed E-state index contributed by atoms with van der Waals surface area (Å²) in [6.07, 6.45) is 0. The summed E-state index contributed by atoms with van der Waals surface area (Å²) in [5, 5.41) is 1.23. The number of hydrogen-bond acceptors (Lipinski definition) is 4. The van der Waals surface area contributed by atoms with Gasteiger partial charge in [0, 0.05) is 5.08 Å². The molecule has 1 aliphatic heterocycles. The first-order chi connectivity index (χ1) is 3.39. The van der Waals surface area contributed by atoms with Crippen LogP contribution in [0.25, 0.3) is 0 Å². The molecule has 7 heavy (non-hydrogen) atoms. The molecule has 1 heterocycles. The summed E-state index contributed by atoms with van der Waals surface area (Å²) in [4.78, 5) is 0. The van der Waals surface area contributed by atoms with E-state index in [9.17, 15) is 0 Å². The lowest BCUT2D eigenvalue weighted by atomic mass is 11.2. The summed E-state index contributed by atoms with van der Waals surface area (Å²) in [5.41, 5.74) is 0. The van der Waals surface area contributed by atoms with Crippen molar-refractivity contribution in [2.45, 2.75) is 0 Å². The van der Waals surface area contributed by atoms with Gasteiger partial charge < -0.3 is 0 Å². The molecule has 0 unspecified atom stereocenters. The highest BCUT2D eigenvalue weighted by atomic mass is 32.2. The first-order valence-electron chi connectivity index (χ1n) is 1.99. The molecule has 0 spiro atoms. The summed E-state index contributed by atoms with van der Waals surface area (Å²) in [6.45, 7) is 0. The number of thioether (sulfide) groups is 2. The lowest BCUT2D eigenvalue weighted by molar-refractivity contribution is 0.658. The summed E-state index contributed by atoms with van der Waals surface area (Å²) in [5.74, 6) is 2.16. The highest BCUT2D eigenvalue weighted by Crippen LogP contribution is 2.22. The van der Waals surface area contributed by atoms with Crippen molar-refractivity contribution in [3.05, 3.63) is 0 Å². The van der Waals surface area contributed by atoms with Gasteiger partial charge in [0.05, 0.1) is 11.8 Å². The maximum absolute atomic E-state index is 4.15. The predicted octanol–water partition coefficient (Wildman–Crippen LogP) is 1.49. The normalized spacial score (nSPS) is 25.3. The molecule has 0 bridgehead atoms. The third-order valence-electron chi connectivity index (χ3n) is 0.647. The maximum Gasteiger partial charge on any atom is 0.0561 e. The monoisotopic (exact) mass is 153 g/mol. The molecule has 0 amide bonds. The van der Waals surface area contributed by atoms with Crippen molar-refractivity contribution in [3.63, 3.8) is 0 Å². The second-order valence-corrected chi connectivity index (χ2v) is 4.13. The zero-order chi connectivity index (χ0) is 5.11. The molecule has 0 atom stereocenters. The van der Waals surface area contributed by atoms with Crippen molar-refractivity contribution >= 4 is 36.3 Å². The fraction of sp³-hybridized carbons (Fsp3) is 1.00. The number of hydrogen-bond donors (Lipinski definition) is 1. The molecule has 1 aliphatic rings. The van der Waals surface area contributed by atoms with Crippen LogP contribution in [0, 0.1) is 0 Å². The Bertz CT molecular complexity index is 52.1. The van der Waals surface area contributed by atoms with E-state index < -0.39 is 0 Å². The second-order valence-electron chi connectivity index (χ2n) is 1.29. The Hall–Kier alpha value is 1.01. The average Bonchev–Trinajstić information content (AvgIpc) is 1.69. The molecule has 1 rings (SSSR count). The predicted molar refractivity (Wildman–Crippen MR) is 40.6 cm³/mol. The Morgan fingerprint density at radius 1 is 1.29 bits per heavy atom. The SMILES string of the molecule is SN1CSCSC1. The molecule has 1 saturated heterocycles. The van der Waals surface area contributed by atoms with Crippen molar-refractivity contribution in [1.29, 1.82) is 0 Å². The fourth-order valence-corrected chi connectivity index (χ4v) is 2.66. The lowest BCUT2D eigenvalue weighted by Gasteiger charge is -2.18. The third-order valence-corrected chi connectivity index (χ3v) is 3.63. The highest BCUT2D eigenvalue weighted by Gasteiger charge is 2.04. The van der Waals surface area contributed by atoms with Gasteiger partial charge in [0.1, 0.15) is 0 Å². The smallest absolute Gasteiger partial charge is 0.0561 e. The Balaban J connectivity index is 2.12. The van der Waals surface area contributed by atoms with Crippen LogP contribution in [0.2, 0.25) is 0 Å². The number of nitrogens with zero attached hydrogens (tertiary/aromatic N) is 1. The molecule has 42 valence electrons. The second kappa shape index (κ2) is 3.12. The van der Waals surface area contributed by atoms with Gasteiger partial charge in [-0.25, -0.2) is 4.31 Å². The van der Waals surface area contributed by atoms with Crippen molar-refractivity contribution in [2.75, 3.05) is 16.8 Å². The van der Waals surface area contributed by atoms with Gasteiger partial charge in [0.2, 0.25) is 0 Å². The molecule has 0 aromatic rings. The van der Waals surface area contributed by atoms with Crippen LogP contribution in [0.15, 0.2) is 0 Å². The molecular formula is C3H7NS3. The van der Waals surface area contributed by atoms with Crippen LogP contribution in [0.5, 0.6) is 0 Å². The first kappa shape index (κ1) is 6.13. The van der Waals surface area contributed by atoms with Gasteiger partial charge in [-0.2, -0.15) is 0 Å². The van der Waals surface area contributed by atoms with E-state index in [-0.39, 0.29) is 0 Å². The first-order valence-corrected chi connectivity index (χ1v) is 4.70. The molecular weight excluding hydrogens is 146 g/mol. The zero-order valence-electron chi connectivity index (χ0n) is 3.83. The van der Waals surface area contributed by atoms with Gasteiger partial charge >= 0.3 is 0 Å². The van der Waals surface area contributed by atoms with Crippen LogP contribution in [0.1, 0.15) is 0 Å². The Morgan fingerprint density at radius 2 is 1.86 bits per heavy atom. The summed E-state index contributed by atoms with van der Waals surface area (Å²) in [7, 11) is 0. The molecule has 1 fully saturated rings. The molecule has 0 aromatic carbocycles. The largest absolute Gasteiger partial charge is 0.233 e. The van der Waals surface area contributed by atoms with Crippen LogP contribution >= 0.6 is 36.3 Å². The third kappa shape index (κ3) is 2.17. The van der Waals surface area contributed by atoms with Crippen LogP contribution < -0.4 is 0 Å². The van der Waals surface area contributed by atoms with Crippen LogP contribution in [-0.4, -0.2) is 21.1 Å². The highest BCUT2D eigenvalue weighted by molar-refractivity contribution is 8.16. The molecule has 0 aromatic heterocycles. The van der Waals surface area contributed by atoms with Crippen molar-refractivity contribution in [1.82, 2.24) is 4.31 Å². The minimum atomic E-state index is 1.08. The van der Waals surface area contributed by atoms with Crippen LogP contribution in [0.4, 0.5) is 0 Å². The molecule has 1 nitrogen and oxygen atoms in total. The van der Waals surface area contributed by atoms with Gasteiger partial charge in [0.25, 0.3) is 0 Å². The van der Waals surface area contributed by atoms with Gasteiger partial charge in [-0.15, -0.1) is 23.5 Å². The molecule has 0 saturated carbocycles. The summed E-state index contributed by atoms with van der Waals surface area (Å²) < 4.78 is 2.01. The van der Waals surface area contributed by atoms with E-state index in [1.54, 1.807) is 0 Å². The van der Waals surface area contributed by atoms with E-state index in [2.05, 4.69) is 12.8 Å². The van der Waals surface area contributed by atoms with E-state index in [4.69, 9.17) is 0 Å². The van der Waals surface area contributed by atoms with E-state index in [0.717, 1.165) is 11.8 Å². The zero-order valence-corrected chi connectivity index (χ0v) is 6.36. The van der Waals surface area contributed by atoms with Gasteiger partial charge in [-0.1, -0.05) is 12.8 Å². The standard InChI is InChI=1S/C3H7NS3/c5-4-1-6-3-7-2-4/h5H,1-3H2. The van der Waals surface area contributed by atoms with Crippen molar-refractivity contribution < 1.29 is 0 Å². The molecule has 0 radical (unpaired) electrons. The minimum absolute atomic E-state index is 1.08. The quantitative estimate of drug-likeness (QED) is 0.526. The van der Waals surface area contributed by atoms with Crippen LogP contribution in [-0.2, 0) is 0 Å². The van der Waals surface area contributed by atoms with E-state index in [1.807, 2.05) is 27.8 Å². The Labute approximate surface area is 57.8 Å². The maximum atomic E-state index is 4.15. The van der Waals surface area contributed by atoms with E-state index >= 15 is 0 Å². The van der Waals surface area contributed by atoms with Gasteiger partial charge in [-0.05, 0) is 0 Å². The van der Waals surface area contributed by atoms with Gasteiger partial charge in [0.15, 0.2) is 0 Å². The van der Waals surface area contributed by atoms with Gasteiger partial charge in [-0.3, -0.25) is 0 Å². The lowest BCUT2D eigenvalue weighted by Crippen LogP contribution is -2.14. The summed E-state index contributed by atoms with van der Waals surface area (Å²) in [6, 6.07) is 0. The van der Waals surface area contributed by atoms with Crippen molar-refractivity contribution in [2.24, 2.45) is 0 Å². The van der Waals surface area contributed by atoms with E-state index in [1.165, 1.54) is 5.08 Å². The number of thiol groups is 1. The Kier molecular flexibility index (Phi) is 2.73. The fourth-order valence-electron chi connectivity index (χ4n) is 0.381. The topological polar surface area (TPSA) is 3.24 Å². The molecule has 0 aliphatic carbocycles. The Morgan fingerprint density at radius 3 is 2.14 bits per heavy atom. The molecule has 0 N–H and O–H groups in total. The van der Waals surface area contributed by atoms with Crippen molar-refractivity contribution in [3.8, 4) is 0 Å². The number of rotatable bonds is 0. The summed E-state index contributed by atoms with van der Waals surface area (Å²) >= 11 is 7.98. The minimum Gasteiger partial charge on any atom is -0.233 e.